The lowest BCUT2D eigenvalue weighted by molar-refractivity contribution is 0.348. The topological polar surface area (TPSA) is 12.0 Å². The molecule has 0 spiro atoms. The molecule has 0 saturated carbocycles. The zero-order valence-electron chi connectivity index (χ0n) is 10.3. The van der Waals surface area contributed by atoms with Gasteiger partial charge in [0.25, 0.3) is 0 Å². The van der Waals surface area contributed by atoms with E-state index in [9.17, 15) is 0 Å². The van der Waals surface area contributed by atoms with Crippen molar-refractivity contribution in [3.05, 3.63) is 22.4 Å². The Bertz CT molecular complexity index is 256. The summed E-state index contributed by atoms with van der Waals surface area (Å²) in [6.45, 7) is 9.12. The average molecular weight is 225 g/mol. The molecule has 0 aliphatic carbocycles. The predicted molar refractivity (Wildman–Crippen MR) is 69.4 cm³/mol. The maximum absolute atomic E-state index is 3.73. The van der Waals surface area contributed by atoms with Gasteiger partial charge in [0.1, 0.15) is 0 Å². The minimum atomic E-state index is 0.536. The SMILES string of the molecule is CCC(NC(C)C(C)CC)c1cccs1. The lowest BCUT2D eigenvalue weighted by Crippen LogP contribution is -2.34. The Kier molecular flexibility index (Phi) is 5.34. The standard InChI is InChI=1S/C13H23NS/c1-5-10(3)11(4)14-12(6-2)13-8-7-9-15-13/h7-12,14H,5-6H2,1-4H3. The second-order valence-electron chi connectivity index (χ2n) is 4.32. The predicted octanol–water partition coefficient (Wildman–Crippen LogP) is 4.22. The molecule has 0 radical (unpaired) electrons. The first-order valence-corrected chi connectivity index (χ1v) is 6.86. The largest absolute Gasteiger partial charge is 0.306 e. The first-order valence-electron chi connectivity index (χ1n) is 5.98. The van der Waals surface area contributed by atoms with Crippen LogP contribution in [0.2, 0.25) is 0 Å². The third kappa shape index (κ3) is 3.62. The molecule has 1 heterocycles. The molecule has 1 rings (SSSR count). The lowest BCUT2D eigenvalue weighted by Gasteiger charge is -2.25. The number of hydrogen-bond donors (Lipinski definition) is 1. The molecule has 86 valence electrons. The molecule has 3 unspecified atom stereocenters. The van der Waals surface area contributed by atoms with Crippen LogP contribution in [0.15, 0.2) is 17.5 Å². The maximum atomic E-state index is 3.73. The van der Waals surface area contributed by atoms with Gasteiger partial charge in [-0.3, -0.25) is 0 Å². The fourth-order valence-electron chi connectivity index (χ4n) is 1.73. The van der Waals surface area contributed by atoms with Crippen LogP contribution in [0.1, 0.15) is 51.5 Å². The summed E-state index contributed by atoms with van der Waals surface area (Å²) in [6.07, 6.45) is 2.41. The van der Waals surface area contributed by atoms with Crippen molar-refractivity contribution in [3.63, 3.8) is 0 Å². The number of hydrogen-bond acceptors (Lipinski definition) is 2. The number of thiophene rings is 1. The van der Waals surface area contributed by atoms with Crippen molar-refractivity contribution in [2.75, 3.05) is 0 Å². The van der Waals surface area contributed by atoms with Crippen LogP contribution >= 0.6 is 11.3 Å². The maximum Gasteiger partial charge on any atom is 0.0414 e. The molecule has 0 fully saturated rings. The highest BCUT2D eigenvalue weighted by molar-refractivity contribution is 7.10. The highest BCUT2D eigenvalue weighted by atomic mass is 32.1. The number of nitrogens with one attached hydrogen (secondary N) is 1. The van der Waals surface area contributed by atoms with Crippen molar-refractivity contribution in [1.29, 1.82) is 0 Å². The Balaban J connectivity index is 2.54. The minimum absolute atomic E-state index is 0.536. The molecular weight excluding hydrogens is 202 g/mol. The minimum Gasteiger partial charge on any atom is -0.306 e. The van der Waals surface area contributed by atoms with E-state index in [4.69, 9.17) is 0 Å². The molecule has 1 nitrogen and oxygen atoms in total. The summed E-state index contributed by atoms with van der Waals surface area (Å²) in [5.74, 6) is 0.749. The van der Waals surface area contributed by atoms with Crippen LogP contribution in [-0.4, -0.2) is 6.04 Å². The summed E-state index contributed by atoms with van der Waals surface area (Å²) in [6, 6.07) is 5.50. The molecule has 1 aromatic heterocycles. The Labute approximate surface area is 97.9 Å². The van der Waals surface area contributed by atoms with Crippen LogP contribution in [0, 0.1) is 5.92 Å². The zero-order chi connectivity index (χ0) is 11.3. The fourth-order valence-corrected chi connectivity index (χ4v) is 2.60. The van der Waals surface area contributed by atoms with Crippen molar-refractivity contribution in [2.24, 2.45) is 5.92 Å². The van der Waals surface area contributed by atoms with Gasteiger partial charge in [0.15, 0.2) is 0 Å². The van der Waals surface area contributed by atoms with E-state index in [1.165, 1.54) is 17.7 Å². The van der Waals surface area contributed by atoms with Gasteiger partial charge >= 0.3 is 0 Å². The van der Waals surface area contributed by atoms with Gasteiger partial charge in [-0.15, -0.1) is 11.3 Å². The average Bonchev–Trinajstić information content (AvgIpc) is 2.77. The Morgan fingerprint density at radius 3 is 2.47 bits per heavy atom. The molecule has 0 amide bonds. The van der Waals surface area contributed by atoms with Crippen LogP contribution in [0.3, 0.4) is 0 Å². The monoisotopic (exact) mass is 225 g/mol. The Morgan fingerprint density at radius 2 is 2.00 bits per heavy atom. The first-order chi connectivity index (χ1) is 7.19. The van der Waals surface area contributed by atoms with E-state index < -0.39 is 0 Å². The van der Waals surface area contributed by atoms with Crippen molar-refractivity contribution in [2.45, 2.75) is 52.6 Å². The molecular formula is C13H23NS. The molecule has 0 aromatic carbocycles. The van der Waals surface area contributed by atoms with Crippen LogP contribution in [0.4, 0.5) is 0 Å². The second-order valence-corrected chi connectivity index (χ2v) is 5.30. The smallest absolute Gasteiger partial charge is 0.0414 e. The molecule has 15 heavy (non-hydrogen) atoms. The van der Waals surface area contributed by atoms with Crippen molar-refractivity contribution in [3.8, 4) is 0 Å². The van der Waals surface area contributed by atoms with Gasteiger partial charge in [0.2, 0.25) is 0 Å². The van der Waals surface area contributed by atoms with E-state index in [-0.39, 0.29) is 0 Å². The highest BCUT2D eigenvalue weighted by Gasteiger charge is 2.16. The van der Waals surface area contributed by atoms with E-state index in [1.807, 2.05) is 11.3 Å². The van der Waals surface area contributed by atoms with Crippen molar-refractivity contribution >= 4 is 11.3 Å². The summed E-state index contributed by atoms with van der Waals surface area (Å²) in [7, 11) is 0. The third-order valence-corrected chi connectivity index (χ3v) is 4.24. The Morgan fingerprint density at radius 1 is 1.27 bits per heavy atom. The highest BCUT2D eigenvalue weighted by Crippen LogP contribution is 2.23. The second kappa shape index (κ2) is 6.29. The normalized spacial score (nSPS) is 17.3. The summed E-state index contributed by atoms with van der Waals surface area (Å²) in [4.78, 5) is 1.47. The molecule has 2 heteroatoms. The molecule has 1 aromatic rings. The number of rotatable bonds is 6. The summed E-state index contributed by atoms with van der Waals surface area (Å²) < 4.78 is 0. The van der Waals surface area contributed by atoms with Gasteiger partial charge in [-0.05, 0) is 30.7 Å². The van der Waals surface area contributed by atoms with E-state index in [0.717, 1.165) is 5.92 Å². The molecule has 1 N–H and O–H groups in total. The van der Waals surface area contributed by atoms with Crippen molar-refractivity contribution < 1.29 is 0 Å². The molecule has 0 saturated heterocycles. The van der Waals surface area contributed by atoms with Crippen LogP contribution in [0.25, 0.3) is 0 Å². The lowest BCUT2D eigenvalue weighted by atomic mass is 9.99. The summed E-state index contributed by atoms with van der Waals surface area (Å²) in [5.41, 5.74) is 0. The van der Waals surface area contributed by atoms with E-state index in [2.05, 4.69) is 50.5 Å². The molecule has 3 atom stereocenters. The zero-order valence-corrected chi connectivity index (χ0v) is 11.1. The fraction of sp³-hybridized carbons (Fsp3) is 0.692. The van der Waals surface area contributed by atoms with Gasteiger partial charge < -0.3 is 5.32 Å². The molecule has 0 aliphatic rings. The van der Waals surface area contributed by atoms with Crippen molar-refractivity contribution in [1.82, 2.24) is 5.32 Å². The van der Waals surface area contributed by atoms with E-state index in [1.54, 1.807) is 0 Å². The van der Waals surface area contributed by atoms with E-state index >= 15 is 0 Å². The first kappa shape index (κ1) is 12.7. The van der Waals surface area contributed by atoms with Gasteiger partial charge in [-0.2, -0.15) is 0 Å². The van der Waals surface area contributed by atoms with Gasteiger partial charge in [0.05, 0.1) is 0 Å². The van der Waals surface area contributed by atoms with Crippen LogP contribution < -0.4 is 5.32 Å². The summed E-state index contributed by atoms with van der Waals surface area (Å²) >= 11 is 1.85. The van der Waals surface area contributed by atoms with Gasteiger partial charge in [-0.1, -0.05) is 33.3 Å². The Hall–Kier alpha value is -0.340. The van der Waals surface area contributed by atoms with Gasteiger partial charge in [0, 0.05) is 17.0 Å². The van der Waals surface area contributed by atoms with E-state index in [0.29, 0.717) is 12.1 Å². The van der Waals surface area contributed by atoms with Crippen LogP contribution in [0.5, 0.6) is 0 Å². The van der Waals surface area contributed by atoms with Crippen LogP contribution in [-0.2, 0) is 0 Å². The van der Waals surface area contributed by atoms with Gasteiger partial charge in [-0.25, -0.2) is 0 Å². The third-order valence-electron chi connectivity index (χ3n) is 3.26. The molecule has 0 bridgehead atoms. The molecule has 0 aliphatic heterocycles. The quantitative estimate of drug-likeness (QED) is 0.764. The summed E-state index contributed by atoms with van der Waals surface area (Å²) in [5, 5.41) is 5.89.